The number of aromatic nitrogens is 1. The minimum absolute atomic E-state index is 0.153. The van der Waals surface area contributed by atoms with Gasteiger partial charge in [-0.2, -0.15) is 0 Å². The van der Waals surface area contributed by atoms with E-state index in [2.05, 4.69) is 15.2 Å². The van der Waals surface area contributed by atoms with Crippen molar-refractivity contribution >= 4 is 22.9 Å². The van der Waals surface area contributed by atoms with E-state index in [9.17, 15) is 4.79 Å². The van der Waals surface area contributed by atoms with Gasteiger partial charge in [0.1, 0.15) is 10.7 Å². The summed E-state index contributed by atoms with van der Waals surface area (Å²) in [6.07, 6.45) is 0. The van der Waals surface area contributed by atoms with E-state index >= 15 is 0 Å². The Morgan fingerprint density at radius 3 is 2.86 bits per heavy atom. The second kappa shape index (κ2) is 6.80. The first-order chi connectivity index (χ1) is 9.95. The van der Waals surface area contributed by atoms with Gasteiger partial charge in [0.2, 0.25) is 0 Å². The van der Waals surface area contributed by atoms with E-state index in [1.54, 1.807) is 5.38 Å². The summed E-state index contributed by atoms with van der Waals surface area (Å²) >= 11 is 1.40. The predicted molar refractivity (Wildman–Crippen MR) is 86.5 cm³/mol. The van der Waals surface area contributed by atoms with Crippen LogP contribution in [0.3, 0.4) is 0 Å². The molecule has 0 radical (unpaired) electrons. The number of nitrogens with two attached hydrogens (primary N) is 1. The van der Waals surface area contributed by atoms with Gasteiger partial charge in [-0.15, -0.1) is 11.3 Å². The first kappa shape index (κ1) is 15.6. The molecule has 2 rings (SSSR count). The number of carbonyl (C=O) groups is 1. The molecule has 5 nitrogen and oxygen atoms in total. The van der Waals surface area contributed by atoms with Gasteiger partial charge in [-0.3, -0.25) is 4.79 Å². The van der Waals surface area contributed by atoms with Crippen LogP contribution in [0.25, 0.3) is 0 Å². The lowest BCUT2D eigenvalue weighted by atomic mass is 10.2. The van der Waals surface area contributed by atoms with E-state index in [1.165, 1.54) is 11.3 Å². The highest BCUT2D eigenvalue weighted by atomic mass is 32.1. The number of anilines is 1. The molecule has 0 spiro atoms. The molecule has 0 aliphatic heterocycles. The van der Waals surface area contributed by atoms with Crippen LogP contribution >= 0.6 is 11.3 Å². The van der Waals surface area contributed by atoms with Crippen LogP contribution in [0.4, 0.5) is 5.69 Å². The van der Waals surface area contributed by atoms with Gasteiger partial charge in [0.05, 0.1) is 6.04 Å². The molecule has 1 aromatic heterocycles. The van der Waals surface area contributed by atoms with Crippen molar-refractivity contribution < 1.29 is 4.79 Å². The molecule has 3 N–H and O–H groups in total. The molecule has 1 heterocycles. The number of nitrogens with zero attached hydrogens (tertiary/aromatic N) is 2. The SMILES string of the molecule is CC(N)c1nc(C(=O)Nc2cccc(CN(C)C)c2)cs1. The number of nitrogens with one attached hydrogen (secondary N) is 1. The molecule has 112 valence electrons. The van der Waals surface area contributed by atoms with Crippen LogP contribution in [-0.4, -0.2) is 29.9 Å². The van der Waals surface area contributed by atoms with Crippen molar-refractivity contribution in [1.82, 2.24) is 9.88 Å². The molecule has 21 heavy (non-hydrogen) atoms. The van der Waals surface area contributed by atoms with E-state index in [0.29, 0.717) is 5.69 Å². The Hall–Kier alpha value is -1.76. The van der Waals surface area contributed by atoms with Crippen LogP contribution in [0.1, 0.15) is 34.0 Å². The Balaban J connectivity index is 2.08. The van der Waals surface area contributed by atoms with E-state index < -0.39 is 0 Å². The monoisotopic (exact) mass is 304 g/mol. The fourth-order valence-electron chi connectivity index (χ4n) is 1.91. The molecule has 0 saturated heterocycles. The number of thiazole rings is 1. The van der Waals surface area contributed by atoms with Crippen LogP contribution in [0, 0.1) is 0 Å². The number of benzene rings is 1. The average Bonchev–Trinajstić information content (AvgIpc) is 2.88. The highest BCUT2D eigenvalue weighted by molar-refractivity contribution is 7.09. The summed E-state index contributed by atoms with van der Waals surface area (Å²) in [6.45, 7) is 2.68. The van der Waals surface area contributed by atoms with Crippen molar-refractivity contribution in [2.75, 3.05) is 19.4 Å². The second-order valence-electron chi connectivity index (χ2n) is 5.25. The van der Waals surface area contributed by atoms with E-state index in [0.717, 1.165) is 22.8 Å². The topological polar surface area (TPSA) is 71.2 Å². The summed E-state index contributed by atoms with van der Waals surface area (Å²) in [6, 6.07) is 7.65. The number of hydrogen-bond donors (Lipinski definition) is 2. The van der Waals surface area contributed by atoms with Crippen LogP contribution in [-0.2, 0) is 6.54 Å². The van der Waals surface area contributed by atoms with Gasteiger partial charge in [-0.1, -0.05) is 12.1 Å². The second-order valence-corrected chi connectivity index (χ2v) is 6.14. The van der Waals surface area contributed by atoms with Crippen molar-refractivity contribution in [3.05, 3.63) is 45.9 Å². The lowest BCUT2D eigenvalue weighted by Crippen LogP contribution is -2.14. The first-order valence-electron chi connectivity index (χ1n) is 6.71. The molecular formula is C15H20N4OS. The van der Waals surface area contributed by atoms with Crippen LogP contribution in [0.5, 0.6) is 0 Å². The number of carbonyl (C=O) groups excluding carboxylic acids is 1. The fourth-order valence-corrected chi connectivity index (χ4v) is 2.67. The van der Waals surface area contributed by atoms with Crippen molar-refractivity contribution in [2.45, 2.75) is 19.5 Å². The number of rotatable bonds is 5. The highest BCUT2D eigenvalue weighted by Gasteiger charge is 2.13. The Kier molecular flexibility index (Phi) is 5.06. The van der Waals surface area contributed by atoms with Crippen molar-refractivity contribution in [3.8, 4) is 0 Å². The van der Waals surface area contributed by atoms with Crippen molar-refractivity contribution in [3.63, 3.8) is 0 Å². The number of amides is 1. The normalized spacial score (nSPS) is 12.4. The molecule has 1 unspecified atom stereocenters. The maximum absolute atomic E-state index is 12.2. The Bertz CT molecular complexity index is 622. The van der Waals surface area contributed by atoms with E-state index in [1.807, 2.05) is 45.3 Å². The van der Waals surface area contributed by atoms with Gasteiger partial charge < -0.3 is 16.0 Å². The summed E-state index contributed by atoms with van der Waals surface area (Å²) in [5.41, 5.74) is 8.08. The lowest BCUT2D eigenvalue weighted by Gasteiger charge is -2.11. The van der Waals surface area contributed by atoms with Crippen LogP contribution < -0.4 is 11.1 Å². The minimum atomic E-state index is -0.208. The maximum atomic E-state index is 12.2. The molecule has 1 atom stereocenters. The summed E-state index contributed by atoms with van der Waals surface area (Å²) in [4.78, 5) is 18.5. The Morgan fingerprint density at radius 2 is 2.24 bits per heavy atom. The Labute approximate surface area is 128 Å². The zero-order chi connectivity index (χ0) is 15.4. The molecule has 0 aliphatic rings. The van der Waals surface area contributed by atoms with Gasteiger partial charge in [-0.05, 0) is 38.7 Å². The quantitative estimate of drug-likeness (QED) is 0.890. The Morgan fingerprint density at radius 1 is 1.48 bits per heavy atom. The summed E-state index contributed by atoms with van der Waals surface area (Å²) < 4.78 is 0. The largest absolute Gasteiger partial charge is 0.322 e. The van der Waals surface area contributed by atoms with Crippen molar-refractivity contribution in [2.24, 2.45) is 5.73 Å². The molecule has 6 heteroatoms. The number of hydrogen-bond acceptors (Lipinski definition) is 5. The fraction of sp³-hybridized carbons (Fsp3) is 0.333. The van der Waals surface area contributed by atoms with E-state index in [4.69, 9.17) is 5.73 Å². The summed E-state index contributed by atoms with van der Waals surface area (Å²) in [7, 11) is 4.02. The molecule has 2 aromatic rings. The zero-order valence-corrected chi connectivity index (χ0v) is 13.3. The van der Waals surface area contributed by atoms with Gasteiger partial charge in [0.25, 0.3) is 5.91 Å². The third-order valence-electron chi connectivity index (χ3n) is 2.83. The zero-order valence-electron chi connectivity index (χ0n) is 12.5. The molecule has 1 aromatic carbocycles. The van der Waals surface area contributed by atoms with Crippen LogP contribution in [0.15, 0.2) is 29.6 Å². The third-order valence-corrected chi connectivity index (χ3v) is 3.87. The van der Waals surface area contributed by atoms with Gasteiger partial charge in [-0.25, -0.2) is 4.98 Å². The molecule has 0 aliphatic carbocycles. The smallest absolute Gasteiger partial charge is 0.275 e. The third kappa shape index (κ3) is 4.35. The predicted octanol–water partition coefficient (Wildman–Crippen LogP) is 2.48. The molecule has 1 amide bonds. The van der Waals surface area contributed by atoms with E-state index in [-0.39, 0.29) is 11.9 Å². The standard InChI is InChI=1S/C15H20N4OS/c1-10(16)15-18-13(9-21-15)14(20)17-12-6-4-5-11(7-12)8-19(2)3/h4-7,9-10H,8,16H2,1-3H3,(H,17,20). The van der Waals surface area contributed by atoms with Crippen molar-refractivity contribution in [1.29, 1.82) is 0 Å². The maximum Gasteiger partial charge on any atom is 0.275 e. The minimum Gasteiger partial charge on any atom is -0.322 e. The van der Waals surface area contributed by atoms with Gasteiger partial charge in [0.15, 0.2) is 0 Å². The highest BCUT2D eigenvalue weighted by Crippen LogP contribution is 2.18. The molecule has 0 fully saturated rings. The average molecular weight is 304 g/mol. The molecular weight excluding hydrogens is 284 g/mol. The summed E-state index contributed by atoms with van der Waals surface area (Å²) in [5.74, 6) is -0.208. The summed E-state index contributed by atoms with van der Waals surface area (Å²) in [5, 5.41) is 5.37. The van der Waals surface area contributed by atoms with Gasteiger partial charge >= 0.3 is 0 Å². The molecule has 0 saturated carbocycles. The lowest BCUT2D eigenvalue weighted by molar-refractivity contribution is 0.102. The molecule has 0 bridgehead atoms. The van der Waals surface area contributed by atoms with Crippen LogP contribution in [0.2, 0.25) is 0 Å². The first-order valence-corrected chi connectivity index (χ1v) is 7.59. The van der Waals surface area contributed by atoms with Gasteiger partial charge in [0, 0.05) is 17.6 Å².